The lowest BCUT2D eigenvalue weighted by atomic mass is 10.3. The second kappa shape index (κ2) is 12.3. The van der Waals surface area contributed by atoms with Crippen LogP contribution in [-0.4, -0.2) is 83.5 Å². The number of amides is 1. The Balaban J connectivity index is 1.49. The van der Waals surface area contributed by atoms with Crippen LogP contribution in [0.4, 0.5) is 11.8 Å². The van der Waals surface area contributed by atoms with Gasteiger partial charge in [-0.05, 0) is 25.0 Å². The van der Waals surface area contributed by atoms with E-state index in [9.17, 15) is 4.79 Å². The van der Waals surface area contributed by atoms with Gasteiger partial charge in [-0.2, -0.15) is 10.1 Å². The summed E-state index contributed by atoms with van der Waals surface area (Å²) < 4.78 is 16.7. The predicted octanol–water partition coefficient (Wildman–Crippen LogP) is 3.05. The van der Waals surface area contributed by atoms with Crippen molar-refractivity contribution < 1.29 is 18.7 Å². The molecule has 1 fully saturated rings. The van der Waals surface area contributed by atoms with Gasteiger partial charge in [-0.3, -0.25) is 14.8 Å². The van der Waals surface area contributed by atoms with Crippen LogP contribution in [0.15, 0.2) is 34.9 Å². The summed E-state index contributed by atoms with van der Waals surface area (Å²) in [6.45, 7) is 10.3. The minimum absolute atomic E-state index is 0.219. The van der Waals surface area contributed by atoms with Crippen LogP contribution in [0.2, 0.25) is 0 Å². The van der Waals surface area contributed by atoms with E-state index in [-0.39, 0.29) is 5.69 Å². The Morgan fingerprint density at radius 3 is 2.71 bits per heavy atom. The van der Waals surface area contributed by atoms with Gasteiger partial charge in [0.15, 0.2) is 11.6 Å². The van der Waals surface area contributed by atoms with Gasteiger partial charge in [-0.25, -0.2) is 4.98 Å². The van der Waals surface area contributed by atoms with Crippen molar-refractivity contribution in [2.45, 2.75) is 26.7 Å². The molecular formula is C24H33N7O4. The van der Waals surface area contributed by atoms with Crippen LogP contribution >= 0.6 is 0 Å². The van der Waals surface area contributed by atoms with Crippen LogP contribution in [0.5, 0.6) is 5.88 Å². The molecule has 0 aliphatic carbocycles. The van der Waals surface area contributed by atoms with Gasteiger partial charge in [-0.15, -0.1) is 0 Å². The summed E-state index contributed by atoms with van der Waals surface area (Å²) in [6, 6.07) is 6.88. The molecule has 2 N–H and O–H groups in total. The molecule has 0 radical (unpaired) electrons. The van der Waals surface area contributed by atoms with Gasteiger partial charge in [0.1, 0.15) is 18.0 Å². The molecule has 0 saturated carbocycles. The Morgan fingerprint density at radius 1 is 1.20 bits per heavy atom. The molecule has 3 aromatic heterocycles. The highest BCUT2D eigenvalue weighted by atomic mass is 16.5. The fourth-order valence-corrected chi connectivity index (χ4v) is 3.82. The molecule has 3 aromatic rings. The predicted molar refractivity (Wildman–Crippen MR) is 132 cm³/mol. The Morgan fingerprint density at radius 2 is 2.00 bits per heavy atom. The van der Waals surface area contributed by atoms with Crippen LogP contribution < -0.4 is 15.0 Å². The van der Waals surface area contributed by atoms with E-state index in [4.69, 9.17) is 13.9 Å². The number of anilines is 2. The number of nitrogens with one attached hydrogen (secondary N) is 2. The number of hydrogen-bond acceptors (Lipinski definition) is 9. The van der Waals surface area contributed by atoms with Crippen molar-refractivity contribution in [2.75, 3.05) is 62.8 Å². The summed E-state index contributed by atoms with van der Waals surface area (Å²) in [4.78, 5) is 26.6. The molecule has 188 valence electrons. The lowest BCUT2D eigenvalue weighted by molar-refractivity contribution is 0.0320. The Hall–Kier alpha value is -3.44. The second-order valence-electron chi connectivity index (χ2n) is 8.28. The third kappa shape index (κ3) is 6.80. The van der Waals surface area contributed by atoms with E-state index in [0.29, 0.717) is 35.7 Å². The topological polar surface area (TPSA) is 122 Å². The van der Waals surface area contributed by atoms with E-state index < -0.39 is 5.91 Å². The number of furan rings is 1. The highest BCUT2D eigenvalue weighted by molar-refractivity contribution is 6.02. The van der Waals surface area contributed by atoms with E-state index in [0.717, 1.165) is 58.8 Å². The zero-order chi connectivity index (χ0) is 24.5. The van der Waals surface area contributed by atoms with Gasteiger partial charge in [0.2, 0.25) is 11.8 Å². The monoisotopic (exact) mass is 483 g/mol. The number of nitrogens with zero attached hydrogens (tertiary/aromatic N) is 5. The molecule has 11 heteroatoms. The Bertz CT molecular complexity index is 1060. The number of carbonyl (C=O) groups is 1. The van der Waals surface area contributed by atoms with Crippen molar-refractivity contribution in [3.63, 3.8) is 0 Å². The number of morpholine rings is 1. The highest BCUT2D eigenvalue weighted by Crippen LogP contribution is 2.21. The number of aromatic nitrogens is 4. The fraction of sp³-hybridized carbons (Fsp3) is 0.500. The number of ether oxygens (including phenoxy) is 2. The van der Waals surface area contributed by atoms with Crippen LogP contribution in [0, 0.1) is 0 Å². The quantitative estimate of drug-likeness (QED) is 0.400. The molecule has 4 rings (SSSR count). The highest BCUT2D eigenvalue weighted by Gasteiger charge is 2.18. The summed E-state index contributed by atoms with van der Waals surface area (Å²) in [5.74, 6) is 1.48. The number of hydrogen-bond donors (Lipinski definition) is 2. The molecule has 1 saturated heterocycles. The van der Waals surface area contributed by atoms with Gasteiger partial charge in [0.05, 0.1) is 19.5 Å². The maximum absolute atomic E-state index is 13.1. The van der Waals surface area contributed by atoms with Crippen LogP contribution in [0.25, 0.3) is 11.5 Å². The lowest BCUT2D eigenvalue weighted by Crippen LogP contribution is -2.38. The summed E-state index contributed by atoms with van der Waals surface area (Å²) in [6.07, 6.45) is 3.46. The smallest absolute Gasteiger partial charge is 0.275 e. The summed E-state index contributed by atoms with van der Waals surface area (Å²) in [5, 5.41) is 9.82. The number of rotatable bonds is 12. The zero-order valence-corrected chi connectivity index (χ0v) is 20.3. The van der Waals surface area contributed by atoms with Crippen molar-refractivity contribution >= 4 is 17.7 Å². The Kier molecular flexibility index (Phi) is 8.68. The van der Waals surface area contributed by atoms with Crippen LogP contribution in [-0.2, 0) is 4.74 Å². The van der Waals surface area contributed by atoms with Crippen LogP contribution in [0.1, 0.15) is 37.2 Å². The number of carbonyl (C=O) groups excluding carboxylic acids is 1. The van der Waals surface area contributed by atoms with E-state index >= 15 is 0 Å². The molecule has 4 heterocycles. The van der Waals surface area contributed by atoms with Crippen molar-refractivity contribution in [2.24, 2.45) is 0 Å². The molecule has 1 aliphatic heterocycles. The number of H-pyrrole nitrogens is 1. The normalized spacial score (nSPS) is 14.1. The minimum Gasteiger partial charge on any atom is -0.476 e. The van der Waals surface area contributed by atoms with Gasteiger partial charge in [-0.1, -0.05) is 13.8 Å². The van der Waals surface area contributed by atoms with E-state index in [2.05, 4.69) is 49.1 Å². The largest absolute Gasteiger partial charge is 0.476 e. The van der Waals surface area contributed by atoms with Gasteiger partial charge < -0.3 is 24.1 Å². The van der Waals surface area contributed by atoms with Crippen molar-refractivity contribution in [1.29, 1.82) is 0 Å². The first-order valence-corrected chi connectivity index (χ1v) is 12.1. The van der Waals surface area contributed by atoms with E-state index in [1.165, 1.54) is 0 Å². The molecule has 1 aliphatic rings. The average Bonchev–Trinajstić information content (AvgIpc) is 3.57. The molecule has 0 atom stereocenters. The van der Waals surface area contributed by atoms with Gasteiger partial charge in [0, 0.05) is 44.9 Å². The number of aromatic amines is 1. The lowest BCUT2D eigenvalue weighted by Gasteiger charge is -2.26. The molecule has 1 amide bonds. The van der Waals surface area contributed by atoms with E-state index in [1.54, 1.807) is 24.5 Å². The minimum atomic E-state index is -0.392. The molecule has 11 nitrogen and oxygen atoms in total. The second-order valence-corrected chi connectivity index (χ2v) is 8.28. The standard InChI is InChI=1S/C24H33N7O4/c1-3-7-31(8-4-2)24-25-19(17-22(27-24)35-15-11-30-9-13-33-14-10-30)23(32)26-21-16-18(28-29-21)20-6-5-12-34-20/h5-6,12,16-17H,3-4,7-11,13-15H2,1-2H3,(H2,26,28,29,32). The molecule has 0 spiro atoms. The molecule has 0 bridgehead atoms. The summed E-state index contributed by atoms with van der Waals surface area (Å²) >= 11 is 0. The summed E-state index contributed by atoms with van der Waals surface area (Å²) in [7, 11) is 0. The maximum atomic E-state index is 13.1. The summed E-state index contributed by atoms with van der Waals surface area (Å²) in [5.41, 5.74) is 0.883. The van der Waals surface area contributed by atoms with Crippen molar-refractivity contribution in [1.82, 2.24) is 25.1 Å². The molecular weight excluding hydrogens is 450 g/mol. The van der Waals surface area contributed by atoms with Crippen molar-refractivity contribution in [3.8, 4) is 17.3 Å². The first-order chi connectivity index (χ1) is 17.2. The molecule has 35 heavy (non-hydrogen) atoms. The van der Waals surface area contributed by atoms with E-state index in [1.807, 2.05) is 6.07 Å². The maximum Gasteiger partial charge on any atom is 0.275 e. The SMILES string of the molecule is CCCN(CCC)c1nc(OCCN2CCOCC2)cc(C(=O)Nc2cc(-c3ccco3)[nH]n2)n1. The first kappa shape index (κ1) is 24.7. The van der Waals surface area contributed by atoms with Crippen LogP contribution in [0.3, 0.4) is 0 Å². The molecule has 0 aromatic carbocycles. The first-order valence-electron chi connectivity index (χ1n) is 12.1. The third-order valence-corrected chi connectivity index (χ3v) is 5.56. The van der Waals surface area contributed by atoms with Crippen molar-refractivity contribution in [3.05, 3.63) is 36.2 Å². The van der Waals surface area contributed by atoms with Gasteiger partial charge >= 0.3 is 0 Å². The Labute approximate surface area is 204 Å². The average molecular weight is 484 g/mol. The molecule has 0 unspecified atom stereocenters. The van der Waals surface area contributed by atoms with Gasteiger partial charge in [0.25, 0.3) is 5.91 Å². The zero-order valence-electron chi connectivity index (χ0n) is 20.3. The third-order valence-electron chi connectivity index (χ3n) is 5.56. The fourth-order valence-electron chi connectivity index (χ4n) is 3.82.